The van der Waals surface area contributed by atoms with Gasteiger partial charge in [-0.15, -0.1) is 0 Å². The van der Waals surface area contributed by atoms with Crippen LogP contribution >= 0.6 is 0 Å². The minimum Gasteiger partial charge on any atom is -0.497 e. The van der Waals surface area contributed by atoms with E-state index in [0.717, 1.165) is 5.56 Å². The molecule has 5 heteroatoms. The first-order chi connectivity index (χ1) is 9.19. The molecular formula is C14H16N2O3. The summed E-state index contributed by atoms with van der Waals surface area (Å²) in [6.45, 7) is 0.213. The smallest absolute Gasteiger partial charge is 0.252 e. The minimum atomic E-state index is -0.190. The summed E-state index contributed by atoms with van der Waals surface area (Å²) in [5, 5.41) is 0. The van der Waals surface area contributed by atoms with E-state index in [4.69, 9.17) is 15.2 Å². The van der Waals surface area contributed by atoms with Crippen LogP contribution in [0.1, 0.15) is 5.56 Å². The maximum atomic E-state index is 11.8. The van der Waals surface area contributed by atoms with Gasteiger partial charge >= 0.3 is 0 Å². The first-order valence-corrected chi connectivity index (χ1v) is 5.84. The standard InChI is InChI=1S/C14H16N2O3/c1-18-10-4-6-13(19-2)11(7-10)12-5-3-9(8-15)14(17)16-12/h3-7H,8,15H2,1-2H3,(H,16,17). The molecule has 0 radical (unpaired) electrons. The van der Waals surface area contributed by atoms with Gasteiger partial charge < -0.3 is 20.2 Å². The van der Waals surface area contributed by atoms with Crippen LogP contribution in [0.15, 0.2) is 35.1 Å². The van der Waals surface area contributed by atoms with Gasteiger partial charge in [0.05, 0.1) is 19.9 Å². The number of hydrogen-bond acceptors (Lipinski definition) is 4. The molecule has 2 rings (SSSR count). The molecule has 0 saturated heterocycles. The van der Waals surface area contributed by atoms with Crippen LogP contribution in [0.5, 0.6) is 11.5 Å². The van der Waals surface area contributed by atoms with Crippen molar-refractivity contribution in [1.29, 1.82) is 0 Å². The molecule has 0 fully saturated rings. The molecule has 0 atom stereocenters. The number of rotatable bonds is 4. The van der Waals surface area contributed by atoms with Crippen LogP contribution in [0.3, 0.4) is 0 Å². The summed E-state index contributed by atoms with van der Waals surface area (Å²) in [4.78, 5) is 14.6. The van der Waals surface area contributed by atoms with Crippen molar-refractivity contribution in [2.75, 3.05) is 14.2 Å². The fourth-order valence-electron chi connectivity index (χ4n) is 1.85. The summed E-state index contributed by atoms with van der Waals surface area (Å²) in [5.74, 6) is 1.36. The van der Waals surface area contributed by atoms with Crippen molar-refractivity contribution in [1.82, 2.24) is 4.98 Å². The first kappa shape index (κ1) is 13.2. The van der Waals surface area contributed by atoms with Crippen molar-refractivity contribution in [2.45, 2.75) is 6.54 Å². The van der Waals surface area contributed by atoms with Crippen LogP contribution in [-0.2, 0) is 6.54 Å². The van der Waals surface area contributed by atoms with Crippen molar-refractivity contribution < 1.29 is 9.47 Å². The monoisotopic (exact) mass is 260 g/mol. The third-order valence-electron chi connectivity index (χ3n) is 2.91. The van der Waals surface area contributed by atoms with E-state index in [1.54, 1.807) is 38.5 Å². The molecule has 0 aliphatic heterocycles. The zero-order valence-corrected chi connectivity index (χ0v) is 10.9. The number of H-pyrrole nitrogens is 1. The number of nitrogens with two attached hydrogens (primary N) is 1. The van der Waals surface area contributed by atoms with Gasteiger partial charge in [-0.05, 0) is 24.3 Å². The van der Waals surface area contributed by atoms with Gasteiger partial charge in [0.15, 0.2) is 0 Å². The second-order valence-corrected chi connectivity index (χ2v) is 4.00. The number of nitrogens with one attached hydrogen (secondary N) is 1. The topological polar surface area (TPSA) is 77.3 Å². The van der Waals surface area contributed by atoms with Crippen molar-refractivity contribution in [3.05, 3.63) is 46.2 Å². The zero-order valence-electron chi connectivity index (χ0n) is 10.9. The van der Waals surface area contributed by atoms with E-state index >= 15 is 0 Å². The lowest BCUT2D eigenvalue weighted by Gasteiger charge is -2.10. The van der Waals surface area contributed by atoms with Gasteiger partial charge in [0.1, 0.15) is 11.5 Å². The number of benzene rings is 1. The molecule has 0 bridgehead atoms. The lowest BCUT2D eigenvalue weighted by Crippen LogP contribution is -2.16. The van der Waals surface area contributed by atoms with Gasteiger partial charge in [-0.2, -0.15) is 0 Å². The van der Waals surface area contributed by atoms with Gasteiger partial charge in [-0.25, -0.2) is 0 Å². The normalized spacial score (nSPS) is 10.3. The second-order valence-electron chi connectivity index (χ2n) is 4.00. The third-order valence-corrected chi connectivity index (χ3v) is 2.91. The second kappa shape index (κ2) is 5.58. The molecule has 3 N–H and O–H groups in total. The maximum absolute atomic E-state index is 11.8. The van der Waals surface area contributed by atoms with Gasteiger partial charge in [-0.3, -0.25) is 4.79 Å². The lowest BCUT2D eigenvalue weighted by molar-refractivity contribution is 0.404. The predicted octanol–water partition coefficient (Wildman–Crippen LogP) is 1.52. The Bertz CT molecular complexity index is 635. The van der Waals surface area contributed by atoms with E-state index in [1.165, 1.54) is 0 Å². The molecule has 1 heterocycles. The Hall–Kier alpha value is -2.27. The Morgan fingerprint density at radius 1 is 1.16 bits per heavy atom. The molecule has 0 aliphatic rings. The maximum Gasteiger partial charge on any atom is 0.252 e. The third kappa shape index (κ3) is 2.61. The average molecular weight is 260 g/mol. The average Bonchev–Trinajstić information content (AvgIpc) is 2.46. The molecule has 2 aromatic rings. The van der Waals surface area contributed by atoms with Gasteiger partial charge in [0.25, 0.3) is 5.56 Å². The highest BCUT2D eigenvalue weighted by Gasteiger charge is 2.09. The van der Waals surface area contributed by atoms with Crippen LogP contribution in [0.4, 0.5) is 0 Å². The zero-order chi connectivity index (χ0) is 13.8. The van der Waals surface area contributed by atoms with Crippen molar-refractivity contribution >= 4 is 0 Å². The van der Waals surface area contributed by atoms with Crippen LogP contribution in [-0.4, -0.2) is 19.2 Å². The van der Waals surface area contributed by atoms with Gasteiger partial charge in [0.2, 0.25) is 0 Å². The Balaban J connectivity index is 2.56. The largest absolute Gasteiger partial charge is 0.497 e. The molecule has 1 aromatic heterocycles. The quantitative estimate of drug-likeness (QED) is 0.873. The Kier molecular flexibility index (Phi) is 3.87. The summed E-state index contributed by atoms with van der Waals surface area (Å²) in [5.41, 5.74) is 7.26. The Labute approximate surface area is 111 Å². The number of methoxy groups -OCH3 is 2. The molecule has 0 spiro atoms. The molecular weight excluding hydrogens is 244 g/mol. The predicted molar refractivity (Wildman–Crippen MR) is 73.5 cm³/mol. The van der Waals surface area contributed by atoms with Crippen LogP contribution in [0.25, 0.3) is 11.3 Å². The fourth-order valence-corrected chi connectivity index (χ4v) is 1.85. The molecule has 0 unspecified atom stereocenters. The van der Waals surface area contributed by atoms with Gasteiger partial charge in [-0.1, -0.05) is 6.07 Å². The van der Waals surface area contributed by atoms with Crippen LogP contribution < -0.4 is 20.8 Å². The highest BCUT2D eigenvalue weighted by molar-refractivity contribution is 5.69. The Morgan fingerprint density at radius 3 is 2.53 bits per heavy atom. The molecule has 0 amide bonds. The van der Waals surface area contributed by atoms with Crippen LogP contribution in [0, 0.1) is 0 Å². The van der Waals surface area contributed by atoms with E-state index in [1.807, 2.05) is 6.07 Å². The number of pyridine rings is 1. The summed E-state index contributed by atoms with van der Waals surface area (Å²) in [6, 6.07) is 8.93. The number of aromatic nitrogens is 1. The Morgan fingerprint density at radius 2 is 1.95 bits per heavy atom. The number of ether oxygens (including phenoxy) is 2. The molecule has 0 aliphatic carbocycles. The van der Waals surface area contributed by atoms with E-state index in [2.05, 4.69) is 4.98 Å². The fraction of sp³-hybridized carbons (Fsp3) is 0.214. The lowest BCUT2D eigenvalue weighted by atomic mass is 10.1. The minimum absolute atomic E-state index is 0.190. The number of hydrogen-bond donors (Lipinski definition) is 2. The SMILES string of the molecule is COc1ccc(OC)c(-c2ccc(CN)c(=O)[nH]2)c1. The summed E-state index contributed by atoms with van der Waals surface area (Å²) >= 11 is 0. The number of aromatic amines is 1. The summed E-state index contributed by atoms with van der Waals surface area (Å²) in [6.07, 6.45) is 0. The van der Waals surface area contributed by atoms with Crippen molar-refractivity contribution in [3.8, 4) is 22.8 Å². The van der Waals surface area contributed by atoms with Crippen molar-refractivity contribution in [3.63, 3.8) is 0 Å². The highest BCUT2D eigenvalue weighted by Crippen LogP contribution is 2.31. The molecule has 0 saturated carbocycles. The molecule has 1 aromatic carbocycles. The van der Waals surface area contributed by atoms with Crippen molar-refractivity contribution in [2.24, 2.45) is 5.73 Å². The van der Waals surface area contributed by atoms with E-state index in [0.29, 0.717) is 22.8 Å². The molecule has 19 heavy (non-hydrogen) atoms. The van der Waals surface area contributed by atoms with Crippen LogP contribution in [0.2, 0.25) is 0 Å². The first-order valence-electron chi connectivity index (χ1n) is 5.84. The van der Waals surface area contributed by atoms with E-state index < -0.39 is 0 Å². The molecule has 5 nitrogen and oxygen atoms in total. The molecule has 100 valence electrons. The summed E-state index contributed by atoms with van der Waals surface area (Å²) in [7, 11) is 3.17. The highest BCUT2D eigenvalue weighted by atomic mass is 16.5. The summed E-state index contributed by atoms with van der Waals surface area (Å²) < 4.78 is 10.5. The van der Waals surface area contributed by atoms with E-state index in [-0.39, 0.29) is 12.1 Å². The van der Waals surface area contributed by atoms with E-state index in [9.17, 15) is 4.79 Å². The van der Waals surface area contributed by atoms with Gasteiger partial charge in [0, 0.05) is 17.7 Å².